The average molecular weight is 1420 g/mol. The normalized spacial score (nSPS) is 16.4. The van der Waals surface area contributed by atoms with E-state index in [0.29, 0.717) is 32.4 Å². The molecule has 101 heavy (non-hydrogen) atoms. The Balaban J connectivity index is 0.000000193. The number of hydrogen-bond acceptors (Lipinski definition) is 10. The number of hydrogen-bond donors (Lipinski definition) is 7. The number of benzene rings is 4. The molecule has 13 heteroatoms. The molecule has 532 valence electrons. The SMILES string of the molecule is C#CC1=C(c2ccc(C(O)CCCCC)cc2)[C@@H](CCCc2ccc(C(=O)O)s2)CC1.CCCCCC(O)c1ccc(C2=C(C#CCO)CC[C@@H]2CCCc2ccc(C(=O)O)s2)cc1.CCCCCC(O)c1ccc(C2=C(C#Cc3ccccc3)CC[C@@H]2CCCc2ccc(C(=O)O)s2)cc1. The van der Waals surface area contributed by atoms with Gasteiger partial charge in [-0.15, -0.1) is 40.4 Å². The van der Waals surface area contributed by atoms with Crippen LogP contribution >= 0.6 is 34.0 Å². The molecule has 0 bridgehead atoms. The summed E-state index contributed by atoms with van der Waals surface area (Å²) in [4.78, 5) is 38.0. The van der Waals surface area contributed by atoms with Gasteiger partial charge in [0.1, 0.15) is 21.2 Å². The van der Waals surface area contributed by atoms with E-state index < -0.39 is 36.2 Å². The van der Waals surface area contributed by atoms with Crippen LogP contribution < -0.4 is 0 Å². The number of aryl methyl sites for hydroxylation is 3. The van der Waals surface area contributed by atoms with Gasteiger partial charge in [-0.25, -0.2) is 14.4 Å². The lowest BCUT2D eigenvalue weighted by molar-refractivity contribution is 0.0691. The molecule has 7 N–H and O–H groups in total. The summed E-state index contributed by atoms with van der Waals surface area (Å²) in [5, 5.41) is 68.1. The van der Waals surface area contributed by atoms with Gasteiger partial charge in [-0.2, -0.15) is 0 Å². The van der Waals surface area contributed by atoms with Gasteiger partial charge in [0.25, 0.3) is 0 Å². The van der Waals surface area contributed by atoms with E-state index in [1.807, 2.05) is 72.8 Å². The molecule has 0 amide bonds. The first kappa shape index (κ1) is 78.8. The number of rotatable bonds is 33. The highest BCUT2D eigenvalue weighted by Crippen LogP contribution is 2.45. The van der Waals surface area contributed by atoms with Gasteiger partial charge in [0.2, 0.25) is 0 Å². The van der Waals surface area contributed by atoms with Gasteiger partial charge in [-0.05, 0) is 232 Å². The van der Waals surface area contributed by atoms with Crippen LogP contribution in [0.1, 0.15) is 276 Å². The molecule has 10 nitrogen and oxygen atoms in total. The number of allylic oxidation sites excluding steroid dienone is 6. The summed E-state index contributed by atoms with van der Waals surface area (Å²) in [7, 11) is 0. The van der Waals surface area contributed by atoms with Crippen molar-refractivity contribution in [2.45, 2.75) is 212 Å². The monoisotopic (exact) mass is 1410 g/mol. The number of carboxylic acid groups (broad SMARTS) is 3. The van der Waals surface area contributed by atoms with Crippen LogP contribution in [0.4, 0.5) is 0 Å². The van der Waals surface area contributed by atoms with Gasteiger partial charge in [-0.1, -0.05) is 199 Å². The molecule has 0 spiro atoms. The fourth-order valence-electron chi connectivity index (χ4n) is 14.2. The predicted octanol–water partition coefficient (Wildman–Crippen LogP) is 21.4. The highest BCUT2D eigenvalue weighted by molar-refractivity contribution is 7.14. The fourth-order valence-corrected chi connectivity index (χ4v) is 16.9. The van der Waals surface area contributed by atoms with Crippen LogP contribution in [0.3, 0.4) is 0 Å². The summed E-state index contributed by atoms with van der Waals surface area (Å²) in [5.41, 5.74) is 14.8. The summed E-state index contributed by atoms with van der Waals surface area (Å²) in [6.45, 7) is 6.37. The molecule has 4 aromatic carbocycles. The summed E-state index contributed by atoms with van der Waals surface area (Å²) in [6, 6.07) is 46.1. The van der Waals surface area contributed by atoms with Crippen molar-refractivity contribution in [2.75, 3.05) is 6.61 Å². The molecule has 3 aliphatic carbocycles. The van der Waals surface area contributed by atoms with E-state index >= 15 is 0 Å². The number of terminal acetylenes is 1. The van der Waals surface area contributed by atoms with Crippen LogP contribution in [0.15, 0.2) is 156 Å². The van der Waals surface area contributed by atoms with E-state index in [0.717, 1.165) is 227 Å². The Morgan fingerprint density at radius 1 is 0.426 bits per heavy atom. The Morgan fingerprint density at radius 3 is 1.08 bits per heavy atom. The van der Waals surface area contributed by atoms with Gasteiger partial charge in [0.15, 0.2) is 0 Å². The van der Waals surface area contributed by atoms with Crippen molar-refractivity contribution in [1.82, 2.24) is 0 Å². The summed E-state index contributed by atoms with van der Waals surface area (Å²) in [5.74, 6) is 14.4. The molecule has 3 unspecified atom stereocenters. The molecule has 0 aliphatic heterocycles. The number of carboxylic acids is 3. The second-order valence-corrected chi connectivity index (χ2v) is 30.4. The predicted molar refractivity (Wildman–Crippen MR) is 415 cm³/mol. The summed E-state index contributed by atoms with van der Waals surface area (Å²) in [6.07, 6.45) is 31.8. The molecule has 3 aromatic heterocycles. The minimum atomic E-state index is -0.863. The third kappa shape index (κ3) is 24.1. The Bertz CT molecular complexity index is 4040. The van der Waals surface area contributed by atoms with Crippen molar-refractivity contribution >= 4 is 68.6 Å². The van der Waals surface area contributed by atoms with Crippen LogP contribution in [0, 0.1) is 53.8 Å². The van der Waals surface area contributed by atoms with Gasteiger partial charge < -0.3 is 35.7 Å². The zero-order valence-corrected chi connectivity index (χ0v) is 61.6. The smallest absolute Gasteiger partial charge is 0.345 e. The highest BCUT2D eigenvalue weighted by atomic mass is 32.1. The lowest BCUT2D eigenvalue weighted by Crippen LogP contribution is -2.02. The molecular weight excluding hydrogens is 1310 g/mol. The van der Waals surface area contributed by atoms with Gasteiger partial charge >= 0.3 is 17.9 Å². The van der Waals surface area contributed by atoms with Crippen LogP contribution in [0.5, 0.6) is 0 Å². The first-order valence-electron chi connectivity index (χ1n) is 36.7. The second-order valence-electron chi connectivity index (χ2n) is 26.9. The zero-order chi connectivity index (χ0) is 71.9. The minimum absolute atomic E-state index is 0.144. The van der Waals surface area contributed by atoms with Gasteiger partial charge in [0, 0.05) is 36.9 Å². The van der Waals surface area contributed by atoms with Crippen molar-refractivity contribution in [3.63, 3.8) is 0 Å². The Kier molecular flexibility index (Phi) is 32.7. The maximum Gasteiger partial charge on any atom is 0.345 e. The minimum Gasteiger partial charge on any atom is -0.477 e. The molecule has 0 radical (unpaired) electrons. The van der Waals surface area contributed by atoms with Crippen molar-refractivity contribution in [3.05, 3.63) is 224 Å². The number of aliphatic hydroxyl groups is 4. The summed E-state index contributed by atoms with van der Waals surface area (Å²) < 4.78 is 0. The average Bonchev–Trinajstić information content (AvgIpc) is 1.63. The van der Waals surface area contributed by atoms with Gasteiger partial charge in [0.05, 0.1) is 18.3 Å². The first-order valence-corrected chi connectivity index (χ1v) is 39.2. The molecule has 7 aromatic rings. The third-order valence-corrected chi connectivity index (χ3v) is 23.1. The van der Waals surface area contributed by atoms with E-state index in [9.17, 15) is 39.9 Å². The Labute approximate surface area is 612 Å². The van der Waals surface area contributed by atoms with E-state index in [4.69, 9.17) is 16.6 Å². The molecule has 0 fully saturated rings. The van der Waals surface area contributed by atoms with Crippen molar-refractivity contribution in [1.29, 1.82) is 0 Å². The highest BCUT2D eigenvalue weighted by Gasteiger charge is 2.29. The molecule has 3 heterocycles. The van der Waals surface area contributed by atoms with E-state index in [2.05, 4.69) is 98.9 Å². The number of carbonyl (C=O) groups is 3. The molecule has 10 rings (SSSR count). The number of thiophene rings is 3. The molecule has 0 saturated heterocycles. The lowest BCUT2D eigenvalue weighted by Gasteiger charge is -2.17. The van der Waals surface area contributed by atoms with Crippen LogP contribution in [-0.2, 0) is 19.3 Å². The molecular formula is C88H102O10S3. The number of aromatic carboxylic acids is 3. The topological polar surface area (TPSA) is 193 Å². The maximum atomic E-state index is 11.2. The largest absolute Gasteiger partial charge is 0.477 e. The number of aliphatic hydroxyl groups excluding tert-OH is 4. The van der Waals surface area contributed by atoms with E-state index in [-0.39, 0.29) is 6.61 Å². The molecule has 6 atom stereocenters. The maximum absolute atomic E-state index is 11.2. The first-order chi connectivity index (χ1) is 49.1. The standard InChI is InChI=1S/C33H36O3S.C28H34O4S.C27H32O3S/c1-2-3-5-13-30(34)25-16-18-28(19-17-25)32-26(11-8-12-29-22-23-31(37-29)33(35)36)20-21-27(32)15-14-24-9-6-4-7-10-24;1-2-3-4-10-25(30)20-11-13-23(14-12-20)27-21(15-16-22(27)8-6-19-29)7-5-9-24-17-18-26(33-24)28(31)32;1-3-5-6-10-24(28)20-12-15-22(16-13-20)26-19(4-2)11-14-21(26)8-7-9-23-17-18-25(31-23)27(29)30/h4,6-7,9-10,16-19,22-23,26,30,34H,2-3,5,8,11-13,20-21H2,1H3,(H,35,36);11-14,17-18,21,25,29-30H,2-5,7,9-10,15-16,19H2,1H3,(H,31,32);2,12-13,15-18,21,24,28H,3,5-11,14H2,1H3,(H,29,30)/t26-,30?;21-,25?;21-,24?/m000/s1. The quantitative estimate of drug-likeness (QED) is 0.0154. The van der Waals surface area contributed by atoms with Crippen molar-refractivity contribution in [3.8, 4) is 36.0 Å². The van der Waals surface area contributed by atoms with Crippen molar-refractivity contribution in [2.24, 2.45) is 17.8 Å². The van der Waals surface area contributed by atoms with Crippen LogP contribution in [0.25, 0.3) is 16.7 Å². The van der Waals surface area contributed by atoms with E-state index in [1.54, 1.807) is 18.2 Å². The summed E-state index contributed by atoms with van der Waals surface area (Å²) >= 11 is 4.11. The zero-order valence-electron chi connectivity index (χ0n) is 59.2. The number of unbranched alkanes of at least 4 members (excludes halogenated alkanes) is 6. The van der Waals surface area contributed by atoms with E-state index in [1.165, 1.54) is 67.4 Å². The molecule has 0 saturated carbocycles. The third-order valence-electron chi connectivity index (χ3n) is 19.7. The Morgan fingerprint density at radius 2 is 0.762 bits per heavy atom. The fraction of sp³-hybridized carbons (Fsp3) is 0.420. The van der Waals surface area contributed by atoms with Crippen molar-refractivity contribution < 1.29 is 50.1 Å². The van der Waals surface area contributed by atoms with Crippen LogP contribution in [-0.4, -0.2) is 60.3 Å². The molecule has 3 aliphatic rings. The lowest BCUT2D eigenvalue weighted by atomic mass is 9.88. The second kappa shape index (κ2) is 41.9. The Hall–Kier alpha value is -7.87. The van der Waals surface area contributed by atoms with Crippen LogP contribution in [0.2, 0.25) is 0 Å². The van der Waals surface area contributed by atoms with Gasteiger partial charge in [-0.3, -0.25) is 0 Å².